The van der Waals surface area contributed by atoms with E-state index >= 15 is 0 Å². The van der Waals surface area contributed by atoms with Crippen LogP contribution in [0.3, 0.4) is 0 Å². The van der Waals surface area contributed by atoms with Crippen LogP contribution in [0, 0.1) is 5.82 Å². The van der Waals surface area contributed by atoms with Gasteiger partial charge in [-0.3, -0.25) is 10.3 Å². The highest BCUT2D eigenvalue weighted by Gasteiger charge is 2.46. The van der Waals surface area contributed by atoms with Crippen LogP contribution >= 0.6 is 0 Å². The van der Waals surface area contributed by atoms with E-state index in [4.69, 9.17) is 5.73 Å². The standard InChI is InChI=1S/C24H18F3N5/c25-19-6-2-5-18-21(19)23(28)32-24(18,17-7-8-31-20(10-17)22(26)27)16-4-1-3-14(9-16)15-11-29-13-30-12-15/h1-13,22-23,32H,28H2/t23?,24-/m0/s1. The van der Waals surface area contributed by atoms with E-state index < -0.39 is 23.9 Å². The average Bonchev–Trinajstić information content (AvgIpc) is 3.14. The summed E-state index contributed by atoms with van der Waals surface area (Å²) >= 11 is 0. The first-order valence-electron chi connectivity index (χ1n) is 9.93. The molecule has 5 rings (SSSR count). The molecule has 0 saturated heterocycles. The van der Waals surface area contributed by atoms with E-state index in [2.05, 4.69) is 20.3 Å². The minimum Gasteiger partial charge on any atom is -0.312 e. The van der Waals surface area contributed by atoms with Gasteiger partial charge in [0.2, 0.25) is 0 Å². The number of pyridine rings is 1. The molecule has 0 bridgehead atoms. The summed E-state index contributed by atoms with van der Waals surface area (Å²) in [6.45, 7) is 0. The van der Waals surface area contributed by atoms with Gasteiger partial charge in [-0.1, -0.05) is 30.3 Å². The number of fused-ring (bicyclic) bond motifs is 1. The quantitative estimate of drug-likeness (QED) is 0.497. The van der Waals surface area contributed by atoms with Gasteiger partial charge in [-0.05, 0) is 46.5 Å². The monoisotopic (exact) mass is 433 g/mol. The molecule has 3 N–H and O–H groups in total. The van der Waals surface area contributed by atoms with Gasteiger partial charge in [0.25, 0.3) is 6.43 Å². The number of hydrogen-bond acceptors (Lipinski definition) is 5. The lowest BCUT2D eigenvalue weighted by Gasteiger charge is -2.33. The van der Waals surface area contributed by atoms with Crippen LogP contribution in [0.2, 0.25) is 0 Å². The zero-order valence-electron chi connectivity index (χ0n) is 16.7. The molecule has 0 radical (unpaired) electrons. The first kappa shape index (κ1) is 20.3. The summed E-state index contributed by atoms with van der Waals surface area (Å²) in [5, 5.41) is 3.28. The van der Waals surface area contributed by atoms with E-state index in [1.165, 1.54) is 24.7 Å². The van der Waals surface area contributed by atoms with Crippen molar-refractivity contribution in [1.29, 1.82) is 0 Å². The number of nitrogens with zero attached hydrogens (tertiary/aromatic N) is 3. The van der Waals surface area contributed by atoms with Crippen molar-refractivity contribution in [2.24, 2.45) is 5.73 Å². The molecular formula is C24H18F3N5. The van der Waals surface area contributed by atoms with E-state index in [1.807, 2.05) is 24.3 Å². The Hall–Kier alpha value is -3.62. The lowest BCUT2D eigenvalue weighted by atomic mass is 9.77. The lowest BCUT2D eigenvalue weighted by Crippen LogP contribution is -2.42. The maximum Gasteiger partial charge on any atom is 0.280 e. The molecule has 0 amide bonds. The van der Waals surface area contributed by atoms with Crippen LogP contribution in [0.25, 0.3) is 11.1 Å². The second kappa shape index (κ2) is 7.81. The van der Waals surface area contributed by atoms with Gasteiger partial charge in [-0.2, -0.15) is 0 Å². The van der Waals surface area contributed by atoms with Crippen LogP contribution in [0.4, 0.5) is 13.2 Å². The molecule has 8 heteroatoms. The van der Waals surface area contributed by atoms with Crippen molar-refractivity contribution in [2.45, 2.75) is 18.1 Å². The largest absolute Gasteiger partial charge is 0.312 e. The summed E-state index contributed by atoms with van der Waals surface area (Å²) in [6.07, 6.45) is 2.55. The van der Waals surface area contributed by atoms with Gasteiger partial charge >= 0.3 is 0 Å². The van der Waals surface area contributed by atoms with Crippen LogP contribution in [0.1, 0.15) is 40.5 Å². The SMILES string of the molecule is NC1N[C@@](c2cccc(-c3cncnc3)c2)(c2ccnc(C(F)F)c2)c2cccc(F)c21. The lowest BCUT2D eigenvalue weighted by molar-refractivity contribution is 0.146. The highest BCUT2D eigenvalue weighted by Crippen LogP contribution is 2.47. The van der Waals surface area contributed by atoms with Gasteiger partial charge in [0.1, 0.15) is 17.8 Å². The Morgan fingerprint density at radius 2 is 1.69 bits per heavy atom. The number of nitrogens with two attached hydrogens (primary N) is 1. The van der Waals surface area contributed by atoms with Crippen molar-refractivity contribution in [3.8, 4) is 11.1 Å². The van der Waals surface area contributed by atoms with Gasteiger partial charge in [0.05, 0.1) is 11.7 Å². The molecule has 0 fully saturated rings. The van der Waals surface area contributed by atoms with Gasteiger partial charge in [-0.15, -0.1) is 0 Å². The number of rotatable bonds is 4. The third-order valence-corrected chi connectivity index (χ3v) is 5.77. The number of aromatic nitrogens is 3. The Morgan fingerprint density at radius 1 is 0.938 bits per heavy atom. The molecule has 0 saturated carbocycles. The van der Waals surface area contributed by atoms with E-state index in [0.29, 0.717) is 22.3 Å². The number of halogens is 3. The minimum absolute atomic E-state index is 0.302. The molecule has 3 heterocycles. The van der Waals surface area contributed by atoms with Gasteiger partial charge < -0.3 is 5.73 Å². The number of benzene rings is 2. The van der Waals surface area contributed by atoms with Gasteiger partial charge in [0, 0.05) is 29.7 Å². The molecular weight excluding hydrogens is 415 g/mol. The van der Waals surface area contributed by atoms with E-state index in [1.54, 1.807) is 30.6 Å². The zero-order valence-corrected chi connectivity index (χ0v) is 16.7. The maximum absolute atomic E-state index is 14.8. The van der Waals surface area contributed by atoms with Crippen molar-refractivity contribution >= 4 is 0 Å². The van der Waals surface area contributed by atoms with E-state index in [-0.39, 0.29) is 5.69 Å². The van der Waals surface area contributed by atoms with E-state index in [9.17, 15) is 13.2 Å². The summed E-state index contributed by atoms with van der Waals surface area (Å²) in [5.74, 6) is -0.458. The predicted octanol–water partition coefficient (Wildman–Crippen LogP) is 4.47. The number of hydrogen-bond donors (Lipinski definition) is 2. The van der Waals surface area contributed by atoms with Crippen LogP contribution in [0.15, 0.2) is 79.5 Å². The van der Waals surface area contributed by atoms with Gasteiger partial charge in [-0.25, -0.2) is 23.1 Å². The summed E-state index contributed by atoms with van der Waals surface area (Å²) in [5.41, 5.74) is 8.47. The van der Waals surface area contributed by atoms with Crippen molar-refractivity contribution in [1.82, 2.24) is 20.3 Å². The molecule has 2 aromatic carbocycles. The molecule has 2 aromatic heterocycles. The van der Waals surface area contributed by atoms with Crippen molar-refractivity contribution < 1.29 is 13.2 Å². The summed E-state index contributed by atoms with van der Waals surface area (Å²) in [6, 6.07) is 15.2. The molecule has 4 aromatic rings. The fourth-order valence-electron chi connectivity index (χ4n) is 4.39. The molecule has 5 nitrogen and oxygen atoms in total. The smallest absolute Gasteiger partial charge is 0.280 e. The molecule has 1 aliphatic rings. The average molecular weight is 433 g/mol. The molecule has 2 atom stereocenters. The Kier molecular flexibility index (Phi) is 4.96. The second-order valence-corrected chi connectivity index (χ2v) is 7.55. The van der Waals surface area contributed by atoms with Crippen LogP contribution in [0.5, 0.6) is 0 Å². The molecule has 1 unspecified atom stereocenters. The third-order valence-electron chi connectivity index (χ3n) is 5.77. The molecule has 32 heavy (non-hydrogen) atoms. The Labute approximate surface area is 182 Å². The zero-order chi connectivity index (χ0) is 22.3. The topological polar surface area (TPSA) is 76.7 Å². The molecule has 160 valence electrons. The maximum atomic E-state index is 14.8. The van der Waals surface area contributed by atoms with Crippen LogP contribution in [-0.4, -0.2) is 15.0 Å². The number of nitrogens with one attached hydrogen (secondary N) is 1. The molecule has 1 aliphatic heterocycles. The summed E-state index contributed by atoms with van der Waals surface area (Å²) in [4.78, 5) is 11.9. The van der Waals surface area contributed by atoms with Crippen molar-refractivity contribution in [3.05, 3.63) is 113 Å². The Balaban J connectivity index is 1.79. The predicted molar refractivity (Wildman–Crippen MR) is 113 cm³/mol. The highest BCUT2D eigenvalue weighted by atomic mass is 19.3. The normalized spacial score (nSPS) is 19.8. The van der Waals surface area contributed by atoms with E-state index in [0.717, 1.165) is 11.1 Å². The van der Waals surface area contributed by atoms with Crippen molar-refractivity contribution in [2.75, 3.05) is 0 Å². The minimum atomic E-state index is -2.75. The fourth-order valence-corrected chi connectivity index (χ4v) is 4.39. The Bertz CT molecular complexity index is 1280. The summed E-state index contributed by atoms with van der Waals surface area (Å²) in [7, 11) is 0. The van der Waals surface area contributed by atoms with Crippen molar-refractivity contribution in [3.63, 3.8) is 0 Å². The first-order valence-corrected chi connectivity index (χ1v) is 9.93. The van der Waals surface area contributed by atoms with Gasteiger partial charge in [0.15, 0.2) is 0 Å². The number of alkyl halides is 2. The van der Waals surface area contributed by atoms with Crippen LogP contribution < -0.4 is 11.1 Å². The Morgan fingerprint density at radius 3 is 2.47 bits per heavy atom. The highest BCUT2D eigenvalue weighted by molar-refractivity contribution is 5.66. The third kappa shape index (κ3) is 3.16. The summed E-state index contributed by atoms with van der Waals surface area (Å²) < 4.78 is 41.8. The molecule has 0 spiro atoms. The second-order valence-electron chi connectivity index (χ2n) is 7.55. The van der Waals surface area contributed by atoms with Crippen LogP contribution in [-0.2, 0) is 5.54 Å². The fraction of sp³-hybridized carbons (Fsp3) is 0.125. The first-order chi connectivity index (χ1) is 15.5. The molecule has 0 aliphatic carbocycles.